The Labute approximate surface area is 99.9 Å². The molecule has 0 fully saturated rings. The van der Waals surface area contributed by atoms with Gasteiger partial charge in [0.15, 0.2) is 0 Å². The van der Waals surface area contributed by atoms with Gasteiger partial charge in [-0.2, -0.15) is 0 Å². The molecule has 0 bridgehead atoms. The standard InChI is InChI=1S/C10H18N2O5/c1-4-11(6-8(13)14)10(16)12(5-2)7-9(15)17-3/h4-7H2,1-3H3,(H,13,14). The second-order valence-electron chi connectivity index (χ2n) is 3.28. The molecule has 0 unspecified atom stereocenters. The van der Waals surface area contributed by atoms with Crippen molar-refractivity contribution in [1.29, 1.82) is 0 Å². The predicted octanol–water partition coefficient (Wildman–Crippen LogP) is 0.00780. The number of carbonyl (C=O) groups excluding carboxylic acids is 2. The Morgan fingerprint density at radius 2 is 1.53 bits per heavy atom. The fourth-order valence-corrected chi connectivity index (χ4v) is 1.21. The van der Waals surface area contributed by atoms with Gasteiger partial charge in [-0.1, -0.05) is 0 Å². The summed E-state index contributed by atoms with van der Waals surface area (Å²) in [6.07, 6.45) is 0. The number of methoxy groups -OCH3 is 1. The van der Waals surface area contributed by atoms with Gasteiger partial charge in [0.1, 0.15) is 13.1 Å². The van der Waals surface area contributed by atoms with Crippen LogP contribution in [0.1, 0.15) is 13.8 Å². The third-order valence-corrected chi connectivity index (χ3v) is 2.18. The molecule has 7 nitrogen and oxygen atoms in total. The fourth-order valence-electron chi connectivity index (χ4n) is 1.21. The van der Waals surface area contributed by atoms with Crippen molar-refractivity contribution >= 4 is 18.0 Å². The Balaban J connectivity index is 4.58. The zero-order valence-electron chi connectivity index (χ0n) is 10.3. The Morgan fingerprint density at radius 1 is 1.06 bits per heavy atom. The van der Waals surface area contributed by atoms with Crippen LogP contribution < -0.4 is 0 Å². The van der Waals surface area contributed by atoms with Gasteiger partial charge in [-0.3, -0.25) is 9.59 Å². The molecule has 0 saturated heterocycles. The van der Waals surface area contributed by atoms with Gasteiger partial charge in [-0.25, -0.2) is 4.79 Å². The number of likely N-dealkylation sites (N-methyl/N-ethyl adjacent to an activating group) is 2. The first-order valence-electron chi connectivity index (χ1n) is 5.28. The van der Waals surface area contributed by atoms with Gasteiger partial charge in [0.05, 0.1) is 7.11 Å². The molecule has 0 aromatic carbocycles. The van der Waals surface area contributed by atoms with Crippen molar-refractivity contribution in [2.45, 2.75) is 13.8 Å². The zero-order valence-corrected chi connectivity index (χ0v) is 10.3. The molecule has 0 heterocycles. The molecule has 7 heteroatoms. The van der Waals surface area contributed by atoms with Crippen LogP contribution in [-0.4, -0.2) is 66.2 Å². The van der Waals surface area contributed by atoms with E-state index >= 15 is 0 Å². The van der Waals surface area contributed by atoms with Crippen molar-refractivity contribution in [3.8, 4) is 0 Å². The maximum Gasteiger partial charge on any atom is 0.325 e. The summed E-state index contributed by atoms with van der Waals surface area (Å²) in [4.78, 5) is 35.9. The minimum Gasteiger partial charge on any atom is -0.480 e. The molecule has 0 aliphatic heterocycles. The monoisotopic (exact) mass is 246 g/mol. The van der Waals surface area contributed by atoms with Crippen LogP contribution in [0.25, 0.3) is 0 Å². The quantitative estimate of drug-likeness (QED) is 0.667. The van der Waals surface area contributed by atoms with Gasteiger partial charge in [0, 0.05) is 13.1 Å². The number of aliphatic carboxylic acids is 1. The summed E-state index contributed by atoms with van der Waals surface area (Å²) in [5.74, 6) is -1.62. The van der Waals surface area contributed by atoms with Crippen molar-refractivity contribution < 1.29 is 24.2 Å². The molecule has 2 amide bonds. The highest BCUT2D eigenvalue weighted by Crippen LogP contribution is 1.99. The molecule has 1 N–H and O–H groups in total. The van der Waals surface area contributed by atoms with E-state index in [1.54, 1.807) is 13.8 Å². The highest BCUT2D eigenvalue weighted by atomic mass is 16.5. The molecule has 98 valence electrons. The maximum atomic E-state index is 11.9. The number of ether oxygens (including phenoxy) is 1. The van der Waals surface area contributed by atoms with Crippen LogP contribution in [0.15, 0.2) is 0 Å². The minimum atomic E-state index is -1.09. The summed E-state index contributed by atoms with van der Waals surface area (Å²) >= 11 is 0. The maximum absolute atomic E-state index is 11.9. The van der Waals surface area contributed by atoms with Gasteiger partial charge < -0.3 is 19.6 Å². The normalized spacial score (nSPS) is 9.59. The molecule has 0 aromatic rings. The lowest BCUT2D eigenvalue weighted by Crippen LogP contribution is -2.47. The largest absolute Gasteiger partial charge is 0.480 e. The van der Waals surface area contributed by atoms with Gasteiger partial charge >= 0.3 is 18.0 Å². The van der Waals surface area contributed by atoms with Crippen molar-refractivity contribution in [2.75, 3.05) is 33.3 Å². The molecule has 17 heavy (non-hydrogen) atoms. The average molecular weight is 246 g/mol. The van der Waals surface area contributed by atoms with Crippen LogP contribution in [0.2, 0.25) is 0 Å². The summed E-state index contributed by atoms with van der Waals surface area (Å²) in [5.41, 5.74) is 0. The molecule has 0 rings (SSSR count). The second kappa shape index (κ2) is 7.48. The Bertz CT molecular complexity index is 292. The number of urea groups is 1. The van der Waals surface area contributed by atoms with Gasteiger partial charge in [0.25, 0.3) is 0 Å². The van der Waals surface area contributed by atoms with E-state index in [0.29, 0.717) is 6.54 Å². The third-order valence-electron chi connectivity index (χ3n) is 2.18. The lowest BCUT2D eigenvalue weighted by atomic mass is 10.4. The van der Waals surface area contributed by atoms with E-state index in [2.05, 4.69) is 4.74 Å². The van der Waals surface area contributed by atoms with E-state index in [1.807, 2.05) is 0 Å². The summed E-state index contributed by atoms with van der Waals surface area (Å²) in [6, 6.07) is -0.484. The van der Waals surface area contributed by atoms with Gasteiger partial charge in [-0.15, -0.1) is 0 Å². The highest BCUT2D eigenvalue weighted by Gasteiger charge is 2.22. The molecule has 0 atom stereocenters. The van der Waals surface area contributed by atoms with Crippen molar-refractivity contribution in [3.05, 3.63) is 0 Å². The summed E-state index contributed by atoms with van der Waals surface area (Å²) < 4.78 is 4.46. The number of carboxylic acids is 1. The molecule has 0 aromatic heterocycles. The number of nitrogens with zero attached hydrogens (tertiary/aromatic N) is 2. The number of rotatable bonds is 6. The van der Waals surface area contributed by atoms with Crippen LogP contribution >= 0.6 is 0 Å². The van der Waals surface area contributed by atoms with Gasteiger partial charge in [-0.05, 0) is 13.8 Å². The molecule has 0 saturated carbocycles. The molecule has 0 aliphatic rings. The third kappa shape index (κ3) is 5.19. The molecule has 0 radical (unpaired) electrons. The van der Waals surface area contributed by atoms with E-state index in [0.717, 1.165) is 4.90 Å². The Hall–Kier alpha value is -1.79. The molecular formula is C10H18N2O5. The zero-order chi connectivity index (χ0) is 13.4. The van der Waals surface area contributed by atoms with E-state index in [-0.39, 0.29) is 19.6 Å². The SMILES string of the molecule is CCN(CC(=O)O)C(=O)N(CC)CC(=O)OC. The number of amides is 2. The molecular weight excluding hydrogens is 228 g/mol. The predicted molar refractivity (Wildman–Crippen MR) is 59.5 cm³/mol. The fraction of sp³-hybridized carbons (Fsp3) is 0.700. The summed E-state index contributed by atoms with van der Waals surface area (Å²) in [7, 11) is 1.23. The first kappa shape index (κ1) is 15.2. The van der Waals surface area contributed by atoms with Crippen LogP contribution in [-0.2, 0) is 14.3 Å². The summed E-state index contributed by atoms with van der Waals surface area (Å²) in [6.45, 7) is 3.39. The van der Waals surface area contributed by atoms with E-state index in [1.165, 1.54) is 12.0 Å². The lowest BCUT2D eigenvalue weighted by molar-refractivity contribution is -0.141. The topological polar surface area (TPSA) is 87.2 Å². The first-order valence-corrected chi connectivity index (χ1v) is 5.28. The van der Waals surface area contributed by atoms with Gasteiger partial charge in [0.2, 0.25) is 0 Å². The number of esters is 1. The summed E-state index contributed by atoms with van der Waals surface area (Å²) in [5, 5.41) is 8.64. The van der Waals surface area contributed by atoms with Crippen LogP contribution in [0, 0.1) is 0 Å². The lowest BCUT2D eigenvalue weighted by Gasteiger charge is -2.27. The minimum absolute atomic E-state index is 0.179. The van der Waals surface area contributed by atoms with Crippen molar-refractivity contribution in [1.82, 2.24) is 9.80 Å². The number of hydrogen-bond acceptors (Lipinski definition) is 4. The highest BCUT2D eigenvalue weighted by molar-refractivity contribution is 5.83. The molecule has 0 aliphatic carbocycles. The van der Waals surface area contributed by atoms with E-state index in [4.69, 9.17) is 5.11 Å². The van der Waals surface area contributed by atoms with E-state index in [9.17, 15) is 14.4 Å². The first-order chi connectivity index (χ1) is 7.96. The number of carboxylic acid groups (broad SMARTS) is 1. The van der Waals surface area contributed by atoms with Crippen LogP contribution in [0.4, 0.5) is 4.79 Å². The molecule has 0 spiro atoms. The Kier molecular flexibility index (Phi) is 6.69. The second-order valence-corrected chi connectivity index (χ2v) is 3.28. The van der Waals surface area contributed by atoms with Crippen molar-refractivity contribution in [3.63, 3.8) is 0 Å². The number of carbonyl (C=O) groups is 3. The van der Waals surface area contributed by atoms with Crippen LogP contribution in [0.5, 0.6) is 0 Å². The Morgan fingerprint density at radius 3 is 1.88 bits per heavy atom. The van der Waals surface area contributed by atoms with Crippen LogP contribution in [0.3, 0.4) is 0 Å². The van der Waals surface area contributed by atoms with Crippen molar-refractivity contribution in [2.24, 2.45) is 0 Å². The number of hydrogen-bond donors (Lipinski definition) is 1. The van der Waals surface area contributed by atoms with E-state index < -0.39 is 18.0 Å². The average Bonchev–Trinajstić information content (AvgIpc) is 2.31. The smallest absolute Gasteiger partial charge is 0.325 e.